The zero-order chi connectivity index (χ0) is 16.2. The summed E-state index contributed by atoms with van der Waals surface area (Å²) in [5.41, 5.74) is -0.541. The molecule has 1 saturated heterocycles. The van der Waals surface area contributed by atoms with Crippen molar-refractivity contribution < 1.29 is 19.1 Å². The molecule has 0 aromatic heterocycles. The number of carbonyl (C=O) groups excluding carboxylic acids is 3. The van der Waals surface area contributed by atoms with Crippen LogP contribution in [0.4, 0.5) is 9.59 Å². The molecule has 0 unspecified atom stereocenters. The SMILES string of the molecule is C[C@H]1CN(CCNC(=O)OC(C)(C)C)CC(=O)N1C(=O)Cl. The molecule has 0 radical (unpaired) electrons. The molecule has 1 N–H and O–H groups in total. The average Bonchev–Trinajstić information content (AvgIpc) is 2.24. The van der Waals surface area contributed by atoms with Crippen molar-refractivity contribution >= 4 is 29.0 Å². The van der Waals surface area contributed by atoms with Crippen LogP contribution in [-0.4, -0.2) is 65.0 Å². The van der Waals surface area contributed by atoms with E-state index in [-0.39, 0.29) is 18.5 Å². The van der Waals surface area contributed by atoms with E-state index in [1.165, 1.54) is 0 Å². The van der Waals surface area contributed by atoms with Gasteiger partial charge in [0.15, 0.2) is 0 Å². The van der Waals surface area contributed by atoms with Gasteiger partial charge in [-0.25, -0.2) is 4.79 Å². The molecule has 0 aromatic carbocycles. The molecule has 3 amide bonds. The molecule has 1 heterocycles. The third-order valence-electron chi connectivity index (χ3n) is 2.88. The van der Waals surface area contributed by atoms with Crippen LogP contribution in [0.15, 0.2) is 0 Å². The first kappa shape index (κ1) is 17.7. The highest BCUT2D eigenvalue weighted by Gasteiger charge is 2.33. The highest BCUT2D eigenvalue weighted by molar-refractivity contribution is 6.64. The molecule has 1 rings (SSSR count). The van der Waals surface area contributed by atoms with Gasteiger partial charge < -0.3 is 10.1 Å². The predicted molar refractivity (Wildman–Crippen MR) is 78.2 cm³/mol. The normalized spacial score (nSPS) is 20.3. The van der Waals surface area contributed by atoms with Gasteiger partial charge in [0.25, 0.3) is 0 Å². The van der Waals surface area contributed by atoms with Gasteiger partial charge >= 0.3 is 11.5 Å². The van der Waals surface area contributed by atoms with Crippen molar-refractivity contribution in [1.82, 2.24) is 15.1 Å². The first-order valence-electron chi connectivity index (χ1n) is 6.81. The van der Waals surface area contributed by atoms with Crippen molar-refractivity contribution in [1.29, 1.82) is 0 Å². The lowest BCUT2D eigenvalue weighted by Crippen LogP contribution is -2.57. The third kappa shape index (κ3) is 5.89. The molecule has 0 aliphatic carbocycles. The Morgan fingerprint density at radius 2 is 2.05 bits per heavy atom. The van der Waals surface area contributed by atoms with Crippen LogP contribution >= 0.6 is 11.6 Å². The molecule has 0 bridgehead atoms. The number of alkyl carbamates (subject to hydrolysis) is 1. The number of hydrogen-bond donors (Lipinski definition) is 1. The van der Waals surface area contributed by atoms with E-state index in [0.29, 0.717) is 19.6 Å². The molecule has 7 nitrogen and oxygen atoms in total. The standard InChI is InChI=1S/C13H22ClN3O4/c1-9-7-16(8-10(18)17(9)11(14)19)6-5-15-12(20)21-13(2,3)4/h9H,5-8H2,1-4H3,(H,15,20)/t9-/m0/s1. The molecule has 8 heteroatoms. The van der Waals surface area contributed by atoms with Crippen LogP contribution in [0.5, 0.6) is 0 Å². The molecular formula is C13H22ClN3O4. The van der Waals surface area contributed by atoms with Gasteiger partial charge in [-0.05, 0) is 39.3 Å². The van der Waals surface area contributed by atoms with E-state index >= 15 is 0 Å². The van der Waals surface area contributed by atoms with Crippen molar-refractivity contribution in [3.63, 3.8) is 0 Å². The van der Waals surface area contributed by atoms with Gasteiger partial charge in [0.05, 0.1) is 12.6 Å². The predicted octanol–water partition coefficient (Wildman–Crippen LogP) is 1.40. The summed E-state index contributed by atoms with van der Waals surface area (Å²) >= 11 is 5.38. The minimum atomic E-state index is -0.751. The number of hydrogen-bond acceptors (Lipinski definition) is 5. The molecule has 1 fully saturated rings. The Hall–Kier alpha value is -1.34. The van der Waals surface area contributed by atoms with E-state index < -0.39 is 17.1 Å². The third-order valence-corrected chi connectivity index (χ3v) is 3.06. The van der Waals surface area contributed by atoms with Gasteiger partial charge in [-0.15, -0.1) is 0 Å². The minimum Gasteiger partial charge on any atom is -0.444 e. The summed E-state index contributed by atoms with van der Waals surface area (Å²) in [6, 6.07) is -0.280. The summed E-state index contributed by atoms with van der Waals surface area (Å²) in [7, 11) is 0. The number of ether oxygens (including phenoxy) is 1. The van der Waals surface area contributed by atoms with Crippen LogP contribution in [-0.2, 0) is 9.53 Å². The maximum Gasteiger partial charge on any atom is 0.407 e. The molecular weight excluding hydrogens is 298 g/mol. The molecule has 1 aliphatic rings. The largest absolute Gasteiger partial charge is 0.444 e. The first-order chi connectivity index (χ1) is 9.60. The van der Waals surface area contributed by atoms with Crippen LogP contribution in [0.2, 0.25) is 0 Å². The average molecular weight is 320 g/mol. The van der Waals surface area contributed by atoms with E-state index in [1.807, 2.05) is 4.90 Å². The Bertz CT molecular complexity index is 422. The Morgan fingerprint density at radius 1 is 1.43 bits per heavy atom. The molecule has 0 saturated carbocycles. The van der Waals surface area contributed by atoms with Gasteiger partial charge in [0.1, 0.15) is 5.60 Å². The minimum absolute atomic E-state index is 0.110. The maximum absolute atomic E-state index is 11.8. The topological polar surface area (TPSA) is 79.0 Å². The van der Waals surface area contributed by atoms with Crippen molar-refractivity contribution in [2.75, 3.05) is 26.2 Å². The summed E-state index contributed by atoms with van der Waals surface area (Å²) in [5, 5.41) is 1.88. The van der Waals surface area contributed by atoms with Crippen molar-refractivity contribution in [2.45, 2.75) is 39.3 Å². The van der Waals surface area contributed by atoms with Gasteiger partial charge in [0, 0.05) is 19.6 Å². The number of rotatable bonds is 3. The van der Waals surface area contributed by atoms with E-state index in [4.69, 9.17) is 16.3 Å². The second-order valence-electron chi connectivity index (χ2n) is 6.03. The zero-order valence-electron chi connectivity index (χ0n) is 12.8. The molecule has 21 heavy (non-hydrogen) atoms. The fourth-order valence-corrected chi connectivity index (χ4v) is 2.37. The van der Waals surface area contributed by atoms with Gasteiger partial charge in [-0.1, -0.05) is 0 Å². The van der Waals surface area contributed by atoms with Gasteiger partial charge in [-0.3, -0.25) is 19.4 Å². The highest BCUT2D eigenvalue weighted by atomic mass is 35.5. The van der Waals surface area contributed by atoms with E-state index in [9.17, 15) is 14.4 Å². The second-order valence-corrected chi connectivity index (χ2v) is 6.35. The number of carbonyl (C=O) groups is 3. The number of imide groups is 1. The number of nitrogens with zero attached hydrogens (tertiary/aromatic N) is 2. The molecule has 120 valence electrons. The van der Waals surface area contributed by atoms with Gasteiger partial charge in [-0.2, -0.15) is 0 Å². The highest BCUT2D eigenvalue weighted by Crippen LogP contribution is 2.13. The Morgan fingerprint density at radius 3 is 2.52 bits per heavy atom. The fraction of sp³-hybridized carbons (Fsp3) is 0.769. The zero-order valence-corrected chi connectivity index (χ0v) is 13.6. The van der Waals surface area contributed by atoms with Crippen LogP contribution < -0.4 is 5.32 Å². The summed E-state index contributed by atoms with van der Waals surface area (Å²) in [4.78, 5) is 37.3. The van der Waals surface area contributed by atoms with Crippen LogP contribution in [0, 0.1) is 0 Å². The number of amides is 3. The van der Waals surface area contributed by atoms with Crippen LogP contribution in [0.1, 0.15) is 27.7 Å². The molecule has 0 spiro atoms. The smallest absolute Gasteiger partial charge is 0.407 e. The Labute approximate surface area is 129 Å². The van der Waals surface area contributed by atoms with E-state index in [1.54, 1.807) is 27.7 Å². The van der Waals surface area contributed by atoms with Crippen LogP contribution in [0.3, 0.4) is 0 Å². The summed E-state index contributed by atoms with van der Waals surface area (Å²) in [6.07, 6.45) is -0.489. The summed E-state index contributed by atoms with van der Waals surface area (Å²) in [6.45, 7) is 8.62. The monoisotopic (exact) mass is 319 g/mol. The lowest BCUT2D eigenvalue weighted by molar-refractivity contribution is -0.134. The van der Waals surface area contributed by atoms with Crippen molar-refractivity contribution in [3.8, 4) is 0 Å². The Kier molecular flexibility index (Phi) is 5.98. The lowest BCUT2D eigenvalue weighted by Gasteiger charge is -2.36. The molecule has 1 atom stereocenters. The quantitative estimate of drug-likeness (QED) is 0.628. The molecule has 0 aromatic rings. The maximum atomic E-state index is 11.8. The van der Waals surface area contributed by atoms with Crippen LogP contribution in [0.25, 0.3) is 0 Å². The first-order valence-corrected chi connectivity index (χ1v) is 7.18. The molecule has 1 aliphatic heterocycles. The lowest BCUT2D eigenvalue weighted by atomic mass is 10.2. The van der Waals surface area contributed by atoms with Crippen molar-refractivity contribution in [3.05, 3.63) is 0 Å². The van der Waals surface area contributed by atoms with Gasteiger partial charge in [0.2, 0.25) is 5.91 Å². The number of halogens is 1. The Balaban J connectivity index is 2.36. The van der Waals surface area contributed by atoms with Crippen molar-refractivity contribution in [2.24, 2.45) is 0 Å². The number of nitrogens with one attached hydrogen (secondary N) is 1. The number of piperazine rings is 1. The summed E-state index contributed by atoms with van der Waals surface area (Å²) in [5.74, 6) is -0.328. The summed E-state index contributed by atoms with van der Waals surface area (Å²) < 4.78 is 5.11. The van der Waals surface area contributed by atoms with E-state index in [2.05, 4.69) is 5.32 Å². The fourth-order valence-electron chi connectivity index (χ4n) is 2.11. The van der Waals surface area contributed by atoms with E-state index in [0.717, 1.165) is 4.90 Å². The second kappa shape index (κ2) is 7.09.